The number of nitrogens with zero attached hydrogens (tertiary/aromatic N) is 2. The van der Waals surface area contributed by atoms with E-state index in [1.807, 2.05) is 26.1 Å². The Morgan fingerprint density at radius 3 is 2.61 bits per heavy atom. The smallest absolute Gasteiger partial charge is 0.228 e. The average molecular weight is 242 g/mol. The molecular weight excluding hydrogens is 224 g/mol. The van der Waals surface area contributed by atoms with E-state index in [1.54, 1.807) is 17.0 Å². The Kier molecular flexibility index (Phi) is 3.32. The van der Waals surface area contributed by atoms with Crippen LogP contribution in [0.1, 0.15) is 47.1 Å². The van der Waals surface area contributed by atoms with Crippen LogP contribution in [0.15, 0.2) is 30.6 Å². The Bertz CT molecular complexity index is 582. The third-order valence-corrected chi connectivity index (χ3v) is 3.20. The molecule has 0 fully saturated rings. The molecule has 0 aliphatic heterocycles. The molecule has 0 aliphatic carbocycles. The lowest BCUT2D eigenvalue weighted by Gasteiger charge is -2.10. The van der Waals surface area contributed by atoms with Crippen LogP contribution in [0.5, 0.6) is 0 Å². The molecule has 1 aromatic heterocycles. The molecule has 0 unspecified atom stereocenters. The van der Waals surface area contributed by atoms with Gasteiger partial charge in [0.2, 0.25) is 5.78 Å². The highest BCUT2D eigenvalue weighted by Gasteiger charge is 2.16. The molecule has 2 rings (SSSR count). The zero-order valence-corrected chi connectivity index (χ0v) is 11.3. The van der Waals surface area contributed by atoms with Crippen molar-refractivity contribution in [1.82, 2.24) is 9.55 Å². The summed E-state index contributed by atoms with van der Waals surface area (Å²) in [4.78, 5) is 16.6. The largest absolute Gasteiger partial charge is 0.331 e. The summed E-state index contributed by atoms with van der Waals surface area (Å²) in [6.45, 7) is 6.21. The molecule has 1 heterocycles. The summed E-state index contributed by atoms with van der Waals surface area (Å²) in [6, 6.07) is 6.07. The summed E-state index contributed by atoms with van der Waals surface area (Å²) >= 11 is 0. The Labute approximate surface area is 107 Å². The van der Waals surface area contributed by atoms with Crippen molar-refractivity contribution in [3.8, 4) is 0 Å². The number of carbonyl (C=O) groups is 1. The van der Waals surface area contributed by atoms with Crippen LogP contribution in [0.3, 0.4) is 0 Å². The summed E-state index contributed by atoms with van der Waals surface area (Å²) in [6.07, 6.45) is 3.43. The van der Waals surface area contributed by atoms with Gasteiger partial charge in [0.25, 0.3) is 0 Å². The van der Waals surface area contributed by atoms with Crippen molar-refractivity contribution in [2.75, 3.05) is 0 Å². The quantitative estimate of drug-likeness (QED) is 0.775. The van der Waals surface area contributed by atoms with Crippen molar-refractivity contribution < 1.29 is 4.79 Å². The normalized spacial score (nSPS) is 10.9. The Balaban J connectivity index is 2.48. The second-order valence-electron chi connectivity index (χ2n) is 4.92. The molecular formula is C15H18N2O. The minimum atomic E-state index is -0.0116. The van der Waals surface area contributed by atoms with Crippen molar-refractivity contribution >= 4 is 5.78 Å². The molecule has 0 aliphatic rings. The first-order valence-electron chi connectivity index (χ1n) is 6.13. The van der Waals surface area contributed by atoms with E-state index >= 15 is 0 Å². The highest BCUT2D eigenvalue weighted by atomic mass is 16.1. The lowest BCUT2D eigenvalue weighted by atomic mass is 9.95. The zero-order chi connectivity index (χ0) is 13.3. The van der Waals surface area contributed by atoms with Crippen LogP contribution in [-0.2, 0) is 7.05 Å². The van der Waals surface area contributed by atoms with Crippen molar-refractivity contribution in [3.05, 3.63) is 53.1 Å². The lowest BCUT2D eigenvalue weighted by molar-refractivity contribution is 0.102. The van der Waals surface area contributed by atoms with Crippen LogP contribution >= 0.6 is 0 Å². The molecule has 94 valence electrons. The van der Waals surface area contributed by atoms with Gasteiger partial charge in [-0.25, -0.2) is 4.98 Å². The van der Waals surface area contributed by atoms with E-state index in [9.17, 15) is 4.79 Å². The zero-order valence-electron chi connectivity index (χ0n) is 11.3. The predicted molar refractivity (Wildman–Crippen MR) is 71.9 cm³/mol. The fourth-order valence-corrected chi connectivity index (χ4v) is 1.95. The number of ketones is 1. The number of imidazole rings is 1. The van der Waals surface area contributed by atoms with Crippen LogP contribution in [-0.4, -0.2) is 15.3 Å². The van der Waals surface area contributed by atoms with E-state index in [4.69, 9.17) is 0 Å². The molecule has 0 spiro atoms. The first kappa shape index (κ1) is 12.6. The Hall–Kier alpha value is -1.90. The minimum Gasteiger partial charge on any atom is -0.331 e. The van der Waals surface area contributed by atoms with E-state index < -0.39 is 0 Å². The molecule has 0 radical (unpaired) electrons. The molecule has 3 nitrogen and oxygen atoms in total. The second-order valence-corrected chi connectivity index (χ2v) is 4.92. The monoisotopic (exact) mass is 242 g/mol. The SMILES string of the molecule is Cc1ccc(C(C)C)cc1C(=O)c1nccn1C. The number of hydrogen-bond acceptors (Lipinski definition) is 2. The fraction of sp³-hybridized carbons (Fsp3) is 0.333. The molecule has 1 aromatic carbocycles. The van der Waals surface area contributed by atoms with E-state index in [2.05, 4.69) is 24.9 Å². The molecule has 0 N–H and O–H groups in total. The van der Waals surface area contributed by atoms with E-state index in [0.29, 0.717) is 11.7 Å². The van der Waals surface area contributed by atoms with Gasteiger partial charge in [0.1, 0.15) is 0 Å². The standard InChI is InChI=1S/C15H18N2O/c1-10(2)12-6-5-11(3)13(9-12)14(18)15-16-7-8-17(15)4/h5-10H,1-4H3. The third kappa shape index (κ3) is 2.21. The molecule has 0 bridgehead atoms. The summed E-state index contributed by atoms with van der Waals surface area (Å²) in [5.41, 5.74) is 2.92. The van der Waals surface area contributed by atoms with Crippen LogP contribution < -0.4 is 0 Å². The lowest BCUT2D eigenvalue weighted by Crippen LogP contribution is -2.10. The van der Waals surface area contributed by atoms with Gasteiger partial charge in [-0.2, -0.15) is 0 Å². The van der Waals surface area contributed by atoms with Gasteiger partial charge < -0.3 is 4.57 Å². The number of aromatic nitrogens is 2. The molecule has 0 atom stereocenters. The van der Waals surface area contributed by atoms with Crippen LogP contribution in [0.25, 0.3) is 0 Å². The van der Waals surface area contributed by atoms with Crippen molar-refractivity contribution in [2.24, 2.45) is 7.05 Å². The number of hydrogen-bond donors (Lipinski definition) is 0. The van der Waals surface area contributed by atoms with Crippen LogP contribution in [0, 0.1) is 6.92 Å². The highest BCUT2D eigenvalue weighted by molar-refractivity contribution is 6.07. The van der Waals surface area contributed by atoms with Crippen molar-refractivity contribution in [2.45, 2.75) is 26.7 Å². The van der Waals surface area contributed by atoms with Gasteiger partial charge in [0.15, 0.2) is 5.82 Å². The van der Waals surface area contributed by atoms with Crippen molar-refractivity contribution in [1.29, 1.82) is 0 Å². The third-order valence-electron chi connectivity index (χ3n) is 3.20. The topological polar surface area (TPSA) is 34.9 Å². The highest BCUT2D eigenvalue weighted by Crippen LogP contribution is 2.20. The summed E-state index contributed by atoms with van der Waals surface area (Å²) < 4.78 is 1.75. The molecule has 18 heavy (non-hydrogen) atoms. The molecule has 0 amide bonds. The number of benzene rings is 1. The van der Waals surface area contributed by atoms with E-state index in [1.165, 1.54) is 5.56 Å². The van der Waals surface area contributed by atoms with E-state index in [-0.39, 0.29) is 5.78 Å². The minimum absolute atomic E-state index is 0.0116. The second kappa shape index (κ2) is 4.77. The predicted octanol–water partition coefficient (Wildman–Crippen LogP) is 3.08. The molecule has 2 aromatic rings. The summed E-state index contributed by atoms with van der Waals surface area (Å²) in [5.74, 6) is 0.889. The average Bonchev–Trinajstić information content (AvgIpc) is 2.75. The van der Waals surface area contributed by atoms with Gasteiger partial charge in [-0.15, -0.1) is 0 Å². The maximum atomic E-state index is 12.4. The van der Waals surface area contributed by atoms with Gasteiger partial charge in [-0.1, -0.05) is 26.0 Å². The molecule has 3 heteroatoms. The van der Waals surface area contributed by atoms with Gasteiger partial charge in [0.05, 0.1) is 0 Å². The molecule has 0 saturated heterocycles. The molecule has 0 saturated carbocycles. The number of carbonyl (C=O) groups excluding carboxylic acids is 1. The first-order chi connectivity index (χ1) is 8.50. The number of rotatable bonds is 3. The maximum absolute atomic E-state index is 12.4. The first-order valence-corrected chi connectivity index (χ1v) is 6.13. The van der Waals surface area contributed by atoms with E-state index in [0.717, 1.165) is 11.1 Å². The van der Waals surface area contributed by atoms with Crippen LogP contribution in [0.4, 0.5) is 0 Å². The fourth-order valence-electron chi connectivity index (χ4n) is 1.95. The van der Waals surface area contributed by atoms with Gasteiger partial charge >= 0.3 is 0 Å². The van der Waals surface area contributed by atoms with Crippen molar-refractivity contribution in [3.63, 3.8) is 0 Å². The Morgan fingerprint density at radius 1 is 1.33 bits per heavy atom. The number of aryl methyl sites for hydroxylation is 2. The van der Waals surface area contributed by atoms with Gasteiger partial charge in [0, 0.05) is 25.0 Å². The van der Waals surface area contributed by atoms with Gasteiger partial charge in [-0.05, 0) is 30.0 Å². The summed E-state index contributed by atoms with van der Waals surface area (Å²) in [7, 11) is 1.84. The summed E-state index contributed by atoms with van der Waals surface area (Å²) in [5, 5.41) is 0. The Morgan fingerprint density at radius 2 is 2.06 bits per heavy atom. The van der Waals surface area contributed by atoms with Crippen LogP contribution in [0.2, 0.25) is 0 Å². The van der Waals surface area contributed by atoms with Gasteiger partial charge in [-0.3, -0.25) is 4.79 Å². The maximum Gasteiger partial charge on any atom is 0.228 e.